The fourth-order valence-electron chi connectivity index (χ4n) is 3.05. The van der Waals surface area contributed by atoms with Gasteiger partial charge in [-0.25, -0.2) is 0 Å². The molecule has 0 amide bonds. The molecule has 0 aliphatic rings. The second-order valence-electron chi connectivity index (χ2n) is 7.63. The maximum Gasteiger partial charge on any atom is 0.308 e. The van der Waals surface area contributed by atoms with E-state index in [4.69, 9.17) is 10.5 Å². The lowest BCUT2D eigenvalue weighted by Gasteiger charge is -1.99. The third-order valence-corrected chi connectivity index (χ3v) is 4.72. The van der Waals surface area contributed by atoms with Gasteiger partial charge in [0.05, 0.1) is 0 Å². The second kappa shape index (κ2) is 22.7. The largest absolute Gasteiger partial charge is 0.427 e. The van der Waals surface area contributed by atoms with E-state index in [0.717, 1.165) is 6.54 Å². The summed E-state index contributed by atoms with van der Waals surface area (Å²) < 4.78 is 4.78. The number of unbranched alkanes of at least 4 members (excludes halogenated alkanes) is 12. The number of carbonyl (C=O) groups excluding carboxylic acids is 1. The lowest BCUT2D eigenvalue weighted by Crippen LogP contribution is -2.00. The Hall–Kier alpha value is -1.61. The van der Waals surface area contributed by atoms with Crippen molar-refractivity contribution in [2.45, 2.75) is 104 Å². The molecular formula is C26H45NO2. The van der Waals surface area contributed by atoms with E-state index in [2.05, 4.69) is 19.1 Å². The predicted octanol–water partition coefficient (Wildman–Crippen LogP) is 7.59. The number of esters is 1. The molecular weight excluding hydrogens is 358 g/mol. The quantitative estimate of drug-likeness (QED) is 0.134. The van der Waals surface area contributed by atoms with E-state index in [-0.39, 0.29) is 5.97 Å². The van der Waals surface area contributed by atoms with Crippen LogP contribution in [0.15, 0.2) is 42.5 Å². The van der Waals surface area contributed by atoms with Crippen molar-refractivity contribution in [3.63, 3.8) is 0 Å². The number of rotatable bonds is 16. The summed E-state index contributed by atoms with van der Waals surface area (Å²) in [5.74, 6) is 0.307. The van der Waals surface area contributed by atoms with Crippen molar-refractivity contribution in [2.24, 2.45) is 5.73 Å². The number of ether oxygens (including phenoxy) is 1. The van der Waals surface area contributed by atoms with E-state index < -0.39 is 0 Å². The Morgan fingerprint density at radius 3 is 1.76 bits per heavy atom. The maximum absolute atomic E-state index is 10.4. The Labute approximate surface area is 180 Å². The zero-order valence-electron chi connectivity index (χ0n) is 19.0. The number of carbonyl (C=O) groups is 1. The van der Waals surface area contributed by atoms with Crippen molar-refractivity contribution in [2.75, 3.05) is 6.54 Å². The molecule has 0 atom stereocenters. The van der Waals surface area contributed by atoms with Gasteiger partial charge in [-0.15, -0.1) is 0 Å². The molecule has 0 bridgehead atoms. The molecule has 0 saturated carbocycles. The van der Waals surface area contributed by atoms with Crippen LogP contribution in [-0.2, 0) is 4.79 Å². The minimum absolute atomic E-state index is 0.286. The Balaban J connectivity index is 0.000000651. The Kier molecular flexibility index (Phi) is 21.4. The van der Waals surface area contributed by atoms with E-state index in [1.807, 2.05) is 18.2 Å². The van der Waals surface area contributed by atoms with E-state index in [1.165, 1.54) is 96.8 Å². The van der Waals surface area contributed by atoms with Crippen LogP contribution in [0.5, 0.6) is 5.75 Å². The molecule has 0 heterocycles. The van der Waals surface area contributed by atoms with Crippen molar-refractivity contribution >= 4 is 5.97 Å². The summed E-state index contributed by atoms with van der Waals surface area (Å²) >= 11 is 0. The summed E-state index contributed by atoms with van der Waals surface area (Å²) in [5.41, 5.74) is 5.47. The Bertz CT molecular complexity index is 485. The van der Waals surface area contributed by atoms with E-state index in [0.29, 0.717) is 5.75 Å². The maximum atomic E-state index is 10.4. The van der Waals surface area contributed by atoms with E-state index in [9.17, 15) is 4.79 Å². The SMILES string of the molecule is CC(=O)Oc1ccccc1.CCCCCCCCC=CCCCCCCCCN. The molecule has 0 unspecified atom stereocenters. The van der Waals surface area contributed by atoms with Crippen LogP contribution in [-0.4, -0.2) is 12.5 Å². The number of nitrogens with two attached hydrogens (primary N) is 1. The Morgan fingerprint density at radius 2 is 1.28 bits per heavy atom. The fraction of sp³-hybridized carbons (Fsp3) is 0.654. The van der Waals surface area contributed by atoms with Gasteiger partial charge in [-0.3, -0.25) is 4.79 Å². The first-order chi connectivity index (χ1) is 14.2. The molecule has 3 nitrogen and oxygen atoms in total. The van der Waals surface area contributed by atoms with Gasteiger partial charge in [0.1, 0.15) is 5.75 Å². The van der Waals surface area contributed by atoms with Gasteiger partial charge in [-0.2, -0.15) is 0 Å². The van der Waals surface area contributed by atoms with Crippen LogP contribution in [0.1, 0.15) is 104 Å². The van der Waals surface area contributed by atoms with Gasteiger partial charge in [-0.1, -0.05) is 95.1 Å². The van der Waals surface area contributed by atoms with Crippen LogP contribution in [0.2, 0.25) is 0 Å². The van der Waals surface area contributed by atoms with Crippen molar-refractivity contribution < 1.29 is 9.53 Å². The normalized spacial score (nSPS) is 10.6. The van der Waals surface area contributed by atoms with Crippen LogP contribution in [0.3, 0.4) is 0 Å². The van der Waals surface area contributed by atoms with Gasteiger partial charge in [-0.05, 0) is 50.8 Å². The molecule has 1 rings (SSSR count). The van der Waals surface area contributed by atoms with Gasteiger partial charge in [0, 0.05) is 6.92 Å². The number of allylic oxidation sites excluding steroid dienone is 2. The van der Waals surface area contributed by atoms with Crippen molar-refractivity contribution in [3.05, 3.63) is 42.5 Å². The summed E-state index contributed by atoms with van der Waals surface area (Å²) in [7, 11) is 0. The fourth-order valence-corrected chi connectivity index (χ4v) is 3.05. The number of hydrogen-bond donors (Lipinski definition) is 1. The second-order valence-corrected chi connectivity index (χ2v) is 7.63. The molecule has 0 fully saturated rings. The van der Waals surface area contributed by atoms with Crippen molar-refractivity contribution in [1.82, 2.24) is 0 Å². The first-order valence-corrected chi connectivity index (χ1v) is 11.8. The number of hydrogen-bond acceptors (Lipinski definition) is 3. The minimum atomic E-state index is -0.286. The van der Waals surface area contributed by atoms with Crippen LogP contribution >= 0.6 is 0 Å². The van der Waals surface area contributed by atoms with Crippen molar-refractivity contribution in [3.8, 4) is 5.75 Å². The zero-order chi connectivity index (χ0) is 21.4. The molecule has 0 spiro atoms. The molecule has 0 aliphatic carbocycles. The molecule has 1 aromatic rings. The smallest absolute Gasteiger partial charge is 0.308 e. The lowest BCUT2D eigenvalue weighted by molar-refractivity contribution is -0.131. The summed E-state index contributed by atoms with van der Waals surface area (Å²) in [6, 6.07) is 8.98. The highest BCUT2D eigenvalue weighted by molar-refractivity contribution is 5.69. The molecule has 166 valence electrons. The standard InChI is InChI=1S/C18H37N.C8H8O2/c1-2-3-4-5-6-7-8-9-10-11-12-13-14-15-16-17-18-19;1-7(9)10-8-5-3-2-4-6-8/h9-10H,2-8,11-19H2,1H3;2-6H,1H3. The number of para-hydroxylation sites is 1. The Morgan fingerprint density at radius 1 is 0.793 bits per heavy atom. The van der Waals surface area contributed by atoms with Crippen molar-refractivity contribution in [1.29, 1.82) is 0 Å². The molecule has 3 heteroatoms. The highest BCUT2D eigenvalue weighted by atomic mass is 16.5. The first kappa shape index (κ1) is 27.4. The molecule has 0 radical (unpaired) electrons. The topological polar surface area (TPSA) is 52.3 Å². The van der Waals surface area contributed by atoms with Crippen LogP contribution in [0.25, 0.3) is 0 Å². The van der Waals surface area contributed by atoms with E-state index in [1.54, 1.807) is 12.1 Å². The van der Waals surface area contributed by atoms with Crippen LogP contribution in [0.4, 0.5) is 0 Å². The van der Waals surface area contributed by atoms with Gasteiger partial charge < -0.3 is 10.5 Å². The van der Waals surface area contributed by atoms with Gasteiger partial charge in [0.25, 0.3) is 0 Å². The highest BCUT2D eigenvalue weighted by Gasteiger charge is 1.93. The summed E-state index contributed by atoms with van der Waals surface area (Å²) in [4.78, 5) is 10.4. The summed E-state index contributed by atoms with van der Waals surface area (Å²) in [6.07, 6.45) is 23.9. The molecule has 29 heavy (non-hydrogen) atoms. The zero-order valence-corrected chi connectivity index (χ0v) is 19.0. The third-order valence-electron chi connectivity index (χ3n) is 4.72. The average Bonchev–Trinajstić information content (AvgIpc) is 2.72. The minimum Gasteiger partial charge on any atom is -0.427 e. The van der Waals surface area contributed by atoms with E-state index >= 15 is 0 Å². The van der Waals surface area contributed by atoms with Crippen LogP contribution in [0, 0.1) is 0 Å². The average molecular weight is 404 g/mol. The molecule has 0 aliphatic heterocycles. The van der Waals surface area contributed by atoms with Gasteiger partial charge in [0.15, 0.2) is 0 Å². The molecule has 0 aromatic heterocycles. The number of benzene rings is 1. The predicted molar refractivity (Wildman–Crippen MR) is 126 cm³/mol. The molecule has 0 saturated heterocycles. The highest BCUT2D eigenvalue weighted by Crippen LogP contribution is 2.10. The summed E-state index contributed by atoms with van der Waals surface area (Å²) in [6.45, 7) is 4.52. The van der Waals surface area contributed by atoms with Crippen LogP contribution < -0.4 is 10.5 Å². The van der Waals surface area contributed by atoms with Gasteiger partial charge >= 0.3 is 5.97 Å². The first-order valence-electron chi connectivity index (χ1n) is 11.8. The summed E-state index contributed by atoms with van der Waals surface area (Å²) in [5, 5.41) is 0. The lowest BCUT2D eigenvalue weighted by atomic mass is 10.1. The third kappa shape index (κ3) is 22.5. The molecule has 1 aromatic carbocycles. The monoisotopic (exact) mass is 403 g/mol. The van der Waals surface area contributed by atoms with Gasteiger partial charge in [0.2, 0.25) is 0 Å². The molecule has 2 N–H and O–H groups in total.